The molecule has 0 atom stereocenters. The molecule has 1 saturated carbocycles. The summed E-state index contributed by atoms with van der Waals surface area (Å²) in [6.45, 7) is 0. The maximum absolute atomic E-state index is 8.64. The Morgan fingerprint density at radius 2 is 1.61 bits per heavy atom. The first-order valence-electron chi connectivity index (χ1n) is 7.11. The first-order chi connectivity index (χ1) is 8.88. The SMILES string of the molecule is N#CCc1ccc(NC2CCCCCCC2)cc1. The normalized spacial score (nSPS) is 17.5. The number of rotatable bonds is 3. The van der Waals surface area contributed by atoms with Gasteiger partial charge in [-0.25, -0.2) is 0 Å². The number of hydrogen-bond acceptors (Lipinski definition) is 2. The van der Waals surface area contributed by atoms with Gasteiger partial charge in [0.2, 0.25) is 0 Å². The van der Waals surface area contributed by atoms with E-state index < -0.39 is 0 Å². The second-order valence-electron chi connectivity index (χ2n) is 5.22. The van der Waals surface area contributed by atoms with E-state index in [2.05, 4.69) is 35.7 Å². The molecule has 96 valence electrons. The van der Waals surface area contributed by atoms with Crippen LogP contribution in [0.2, 0.25) is 0 Å². The molecule has 0 bridgehead atoms. The predicted octanol–water partition coefficient (Wildman–Crippen LogP) is 4.28. The Hall–Kier alpha value is -1.49. The Kier molecular flexibility index (Phi) is 5.08. The second-order valence-corrected chi connectivity index (χ2v) is 5.22. The van der Waals surface area contributed by atoms with E-state index in [1.54, 1.807) is 0 Å². The van der Waals surface area contributed by atoms with E-state index >= 15 is 0 Å². The average molecular weight is 242 g/mol. The monoisotopic (exact) mass is 242 g/mol. The quantitative estimate of drug-likeness (QED) is 0.858. The average Bonchev–Trinajstić information content (AvgIpc) is 2.35. The lowest BCUT2D eigenvalue weighted by Gasteiger charge is -2.22. The van der Waals surface area contributed by atoms with Gasteiger partial charge in [-0.05, 0) is 30.5 Å². The van der Waals surface area contributed by atoms with Crippen molar-refractivity contribution >= 4 is 5.69 Å². The zero-order valence-electron chi connectivity index (χ0n) is 11.0. The molecule has 1 N–H and O–H groups in total. The molecule has 2 rings (SSSR count). The molecule has 0 saturated heterocycles. The summed E-state index contributed by atoms with van der Waals surface area (Å²) in [6, 6.07) is 11.1. The van der Waals surface area contributed by atoms with Crippen molar-refractivity contribution in [1.82, 2.24) is 0 Å². The summed E-state index contributed by atoms with van der Waals surface area (Å²) >= 11 is 0. The highest BCUT2D eigenvalue weighted by Crippen LogP contribution is 2.21. The van der Waals surface area contributed by atoms with Gasteiger partial charge in [-0.15, -0.1) is 0 Å². The Balaban J connectivity index is 1.89. The first kappa shape index (κ1) is 13.0. The third kappa shape index (κ3) is 4.07. The van der Waals surface area contributed by atoms with Gasteiger partial charge in [-0.1, -0.05) is 44.2 Å². The topological polar surface area (TPSA) is 35.8 Å². The first-order valence-corrected chi connectivity index (χ1v) is 7.11. The Bertz CT molecular complexity index is 381. The standard InChI is InChI=1S/C16H22N2/c17-13-12-14-8-10-16(11-9-14)18-15-6-4-2-1-3-5-7-15/h8-11,15,18H,1-7,12H2. The van der Waals surface area contributed by atoms with Crippen LogP contribution in [0.3, 0.4) is 0 Å². The summed E-state index contributed by atoms with van der Waals surface area (Å²) in [4.78, 5) is 0. The summed E-state index contributed by atoms with van der Waals surface area (Å²) in [6.07, 6.45) is 9.98. The van der Waals surface area contributed by atoms with E-state index in [0.717, 1.165) is 5.56 Å². The van der Waals surface area contributed by atoms with E-state index in [1.165, 1.54) is 50.6 Å². The molecule has 1 aliphatic rings. The molecule has 18 heavy (non-hydrogen) atoms. The van der Waals surface area contributed by atoms with Gasteiger partial charge in [0.25, 0.3) is 0 Å². The van der Waals surface area contributed by atoms with Gasteiger partial charge >= 0.3 is 0 Å². The highest BCUT2D eigenvalue weighted by atomic mass is 14.9. The molecule has 2 nitrogen and oxygen atoms in total. The zero-order chi connectivity index (χ0) is 12.6. The zero-order valence-corrected chi connectivity index (χ0v) is 11.0. The van der Waals surface area contributed by atoms with Crippen LogP contribution in [0.25, 0.3) is 0 Å². The van der Waals surface area contributed by atoms with Crippen molar-refractivity contribution in [3.05, 3.63) is 29.8 Å². The summed E-state index contributed by atoms with van der Waals surface area (Å²) in [5.74, 6) is 0. The van der Waals surface area contributed by atoms with Crippen molar-refractivity contribution in [2.24, 2.45) is 0 Å². The molecule has 2 heteroatoms. The maximum Gasteiger partial charge on any atom is 0.0669 e. The Labute approximate surface area is 110 Å². The van der Waals surface area contributed by atoms with E-state index in [1.807, 2.05) is 0 Å². The van der Waals surface area contributed by atoms with Gasteiger partial charge in [0.05, 0.1) is 12.5 Å². The summed E-state index contributed by atoms with van der Waals surface area (Å²) in [5.41, 5.74) is 2.29. The third-order valence-electron chi connectivity index (χ3n) is 3.71. The second kappa shape index (κ2) is 7.06. The molecular weight excluding hydrogens is 220 g/mol. The molecular formula is C16H22N2. The number of nitrogens with zero attached hydrogens (tertiary/aromatic N) is 1. The fraction of sp³-hybridized carbons (Fsp3) is 0.562. The fourth-order valence-corrected chi connectivity index (χ4v) is 2.65. The lowest BCUT2D eigenvalue weighted by molar-refractivity contribution is 0.471. The molecule has 1 aromatic carbocycles. The van der Waals surface area contributed by atoms with E-state index in [-0.39, 0.29) is 0 Å². The van der Waals surface area contributed by atoms with E-state index in [4.69, 9.17) is 5.26 Å². The van der Waals surface area contributed by atoms with Crippen LogP contribution in [0.15, 0.2) is 24.3 Å². The number of nitrogens with one attached hydrogen (secondary N) is 1. The van der Waals surface area contributed by atoms with Crippen LogP contribution < -0.4 is 5.32 Å². The van der Waals surface area contributed by atoms with Gasteiger partial charge in [-0.2, -0.15) is 5.26 Å². The Morgan fingerprint density at radius 3 is 2.22 bits per heavy atom. The maximum atomic E-state index is 8.64. The van der Waals surface area contributed by atoms with E-state index in [0.29, 0.717) is 12.5 Å². The van der Waals surface area contributed by atoms with Gasteiger partial charge < -0.3 is 5.32 Å². The van der Waals surface area contributed by atoms with Crippen LogP contribution in [-0.4, -0.2) is 6.04 Å². The molecule has 0 heterocycles. The van der Waals surface area contributed by atoms with Gasteiger partial charge in [0.15, 0.2) is 0 Å². The highest BCUT2D eigenvalue weighted by molar-refractivity contribution is 5.45. The smallest absolute Gasteiger partial charge is 0.0669 e. The molecule has 1 aromatic rings. The van der Waals surface area contributed by atoms with Crippen LogP contribution in [-0.2, 0) is 6.42 Å². The van der Waals surface area contributed by atoms with Crippen molar-refractivity contribution in [2.45, 2.75) is 57.4 Å². The van der Waals surface area contributed by atoms with Crippen LogP contribution in [0.1, 0.15) is 50.5 Å². The van der Waals surface area contributed by atoms with Crippen molar-refractivity contribution in [3.8, 4) is 6.07 Å². The van der Waals surface area contributed by atoms with Crippen LogP contribution in [0.5, 0.6) is 0 Å². The van der Waals surface area contributed by atoms with Gasteiger partial charge in [0, 0.05) is 11.7 Å². The van der Waals surface area contributed by atoms with Crippen LogP contribution in [0, 0.1) is 11.3 Å². The highest BCUT2D eigenvalue weighted by Gasteiger charge is 2.10. The van der Waals surface area contributed by atoms with Gasteiger partial charge in [0.1, 0.15) is 0 Å². The van der Waals surface area contributed by atoms with Crippen LogP contribution >= 0.6 is 0 Å². The number of nitriles is 1. The van der Waals surface area contributed by atoms with Crippen molar-refractivity contribution in [3.63, 3.8) is 0 Å². The third-order valence-corrected chi connectivity index (χ3v) is 3.71. The lowest BCUT2D eigenvalue weighted by Crippen LogP contribution is -2.20. The number of hydrogen-bond donors (Lipinski definition) is 1. The molecule has 1 aliphatic carbocycles. The minimum absolute atomic E-state index is 0.504. The van der Waals surface area contributed by atoms with Crippen molar-refractivity contribution < 1.29 is 0 Å². The summed E-state index contributed by atoms with van der Waals surface area (Å²) in [7, 11) is 0. The van der Waals surface area contributed by atoms with Gasteiger partial charge in [-0.3, -0.25) is 0 Å². The molecule has 0 amide bonds. The molecule has 0 unspecified atom stereocenters. The fourth-order valence-electron chi connectivity index (χ4n) is 2.65. The minimum Gasteiger partial charge on any atom is -0.382 e. The van der Waals surface area contributed by atoms with Crippen molar-refractivity contribution in [2.75, 3.05) is 5.32 Å². The molecule has 0 spiro atoms. The summed E-state index contributed by atoms with van der Waals surface area (Å²) < 4.78 is 0. The molecule has 0 aliphatic heterocycles. The number of benzene rings is 1. The summed E-state index contributed by atoms with van der Waals surface area (Å²) in [5, 5.41) is 12.3. The Morgan fingerprint density at radius 1 is 1.00 bits per heavy atom. The van der Waals surface area contributed by atoms with Crippen LogP contribution in [0.4, 0.5) is 5.69 Å². The lowest BCUT2D eigenvalue weighted by atomic mass is 9.96. The largest absolute Gasteiger partial charge is 0.382 e. The minimum atomic E-state index is 0.504. The predicted molar refractivity (Wildman–Crippen MR) is 75.5 cm³/mol. The van der Waals surface area contributed by atoms with E-state index in [9.17, 15) is 0 Å². The molecule has 0 radical (unpaired) electrons. The van der Waals surface area contributed by atoms with Crippen molar-refractivity contribution in [1.29, 1.82) is 5.26 Å². The number of anilines is 1. The molecule has 0 aromatic heterocycles. The molecule has 1 fully saturated rings.